The van der Waals surface area contributed by atoms with Crippen LogP contribution in [0.15, 0.2) is 18.5 Å². The molecule has 2 aromatic rings. The zero-order valence-electron chi connectivity index (χ0n) is 11.2. The van der Waals surface area contributed by atoms with Gasteiger partial charge in [0.2, 0.25) is 5.88 Å². The molecule has 2 atom stereocenters. The lowest BCUT2D eigenvalue weighted by Gasteiger charge is -2.18. The van der Waals surface area contributed by atoms with Crippen molar-refractivity contribution in [1.82, 2.24) is 14.6 Å². The molecule has 0 saturated heterocycles. The highest BCUT2D eigenvalue weighted by atomic mass is 16.5. The molecule has 0 amide bonds. The first kappa shape index (κ1) is 12.4. The van der Waals surface area contributed by atoms with Gasteiger partial charge in [-0.25, -0.2) is 9.50 Å². The second-order valence-electron chi connectivity index (χ2n) is 5.35. The van der Waals surface area contributed by atoms with Gasteiger partial charge in [-0.05, 0) is 44.2 Å². The second kappa shape index (κ2) is 5.17. The molecule has 0 bridgehead atoms. The summed E-state index contributed by atoms with van der Waals surface area (Å²) in [5, 5.41) is 4.36. The lowest BCUT2D eigenvalue weighted by Crippen LogP contribution is -2.23. The molecule has 2 unspecified atom stereocenters. The van der Waals surface area contributed by atoms with Gasteiger partial charge >= 0.3 is 0 Å². The van der Waals surface area contributed by atoms with Crippen molar-refractivity contribution in [2.24, 2.45) is 17.6 Å². The first-order valence-corrected chi connectivity index (χ1v) is 6.92. The molecule has 2 heterocycles. The minimum Gasteiger partial charge on any atom is -0.476 e. The SMILES string of the molecule is Cc1cc2c(OCC3CCCC3CN)nccn2n1. The number of nitrogens with zero attached hydrogens (tertiary/aromatic N) is 3. The van der Waals surface area contributed by atoms with Crippen molar-refractivity contribution in [3.8, 4) is 5.88 Å². The summed E-state index contributed by atoms with van der Waals surface area (Å²) >= 11 is 0. The third kappa shape index (κ3) is 2.42. The molecular weight excluding hydrogens is 240 g/mol. The van der Waals surface area contributed by atoms with Crippen LogP contribution >= 0.6 is 0 Å². The van der Waals surface area contributed by atoms with E-state index >= 15 is 0 Å². The summed E-state index contributed by atoms with van der Waals surface area (Å²) in [6.45, 7) is 3.44. The summed E-state index contributed by atoms with van der Waals surface area (Å²) in [6, 6.07) is 2.00. The first-order chi connectivity index (χ1) is 9.28. The van der Waals surface area contributed by atoms with E-state index < -0.39 is 0 Å². The summed E-state index contributed by atoms with van der Waals surface area (Å²) in [5.74, 6) is 1.84. The molecule has 102 valence electrons. The molecule has 3 rings (SSSR count). The second-order valence-corrected chi connectivity index (χ2v) is 5.35. The topological polar surface area (TPSA) is 65.4 Å². The summed E-state index contributed by atoms with van der Waals surface area (Å²) in [6.07, 6.45) is 7.27. The Balaban J connectivity index is 1.74. The van der Waals surface area contributed by atoms with Crippen LogP contribution in [0.1, 0.15) is 25.0 Å². The molecule has 1 aliphatic rings. The lowest BCUT2D eigenvalue weighted by molar-refractivity contribution is 0.212. The smallest absolute Gasteiger partial charge is 0.240 e. The molecular formula is C14H20N4O. The molecule has 0 aromatic carbocycles. The number of hydrogen-bond acceptors (Lipinski definition) is 4. The average molecular weight is 260 g/mol. The number of aromatic nitrogens is 3. The minimum absolute atomic E-state index is 0.566. The number of fused-ring (bicyclic) bond motifs is 1. The fraction of sp³-hybridized carbons (Fsp3) is 0.571. The Labute approximate surface area is 112 Å². The quantitative estimate of drug-likeness (QED) is 0.910. The van der Waals surface area contributed by atoms with E-state index in [1.54, 1.807) is 6.20 Å². The number of ether oxygens (including phenoxy) is 1. The molecule has 19 heavy (non-hydrogen) atoms. The molecule has 1 saturated carbocycles. The molecule has 2 aromatic heterocycles. The Hall–Kier alpha value is -1.62. The zero-order valence-corrected chi connectivity index (χ0v) is 11.2. The van der Waals surface area contributed by atoms with Crippen molar-refractivity contribution in [3.05, 3.63) is 24.2 Å². The van der Waals surface area contributed by atoms with Crippen LogP contribution in [0.5, 0.6) is 5.88 Å². The average Bonchev–Trinajstić information content (AvgIpc) is 3.00. The Bertz CT molecular complexity index is 566. The van der Waals surface area contributed by atoms with Crippen molar-refractivity contribution >= 4 is 5.52 Å². The van der Waals surface area contributed by atoms with Crippen LogP contribution in [-0.4, -0.2) is 27.7 Å². The largest absolute Gasteiger partial charge is 0.476 e. The van der Waals surface area contributed by atoms with Crippen LogP contribution in [0.25, 0.3) is 5.52 Å². The van der Waals surface area contributed by atoms with Gasteiger partial charge < -0.3 is 10.5 Å². The standard InChI is InChI=1S/C14H20N4O/c1-10-7-13-14(16-5-6-18(13)17-10)19-9-12-4-2-3-11(12)8-15/h5-7,11-12H,2-4,8-9,15H2,1H3. The van der Waals surface area contributed by atoms with E-state index in [4.69, 9.17) is 10.5 Å². The third-order valence-corrected chi connectivity index (χ3v) is 4.03. The zero-order chi connectivity index (χ0) is 13.2. The highest BCUT2D eigenvalue weighted by Crippen LogP contribution is 2.31. The molecule has 5 heteroatoms. The van der Waals surface area contributed by atoms with Crippen molar-refractivity contribution in [2.75, 3.05) is 13.2 Å². The van der Waals surface area contributed by atoms with Gasteiger partial charge in [0, 0.05) is 12.4 Å². The van der Waals surface area contributed by atoms with Crippen molar-refractivity contribution < 1.29 is 4.74 Å². The van der Waals surface area contributed by atoms with Gasteiger partial charge in [-0.2, -0.15) is 5.10 Å². The summed E-state index contributed by atoms with van der Waals surface area (Å²) in [7, 11) is 0. The Kier molecular flexibility index (Phi) is 3.38. The van der Waals surface area contributed by atoms with Crippen LogP contribution in [0, 0.1) is 18.8 Å². The number of hydrogen-bond donors (Lipinski definition) is 1. The van der Waals surface area contributed by atoms with E-state index in [1.165, 1.54) is 19.3 Å². The highest BCUT2D eigenvalue weighted by Gasteiger charge is 2.26. The fourth-order valence-corrected chi connectivity index (χ4v) is 2.96. The van der Waals surface area contributed by atoms with E-state index in [2.05, 4.69) is 10.1 Å². The number of rotatable bonds is 4. The molecule has 1 aliphatic carbocycles. The summed E-state index contributed by atoms with van der Waals surface area (Å²) in [4.78, 5) is 4.32. The predicted octanol–water partition coefficient (Wildman–Crippen LogP) is 1.79. The predicted molar refractivity (Wildman–Crippen MR) is 73.1 cm³/mol. The third-order valence-electron chi connectivity index (χ3n) is 4.03. The Morgan fingerprint density at radius 3 is 3.11 bits per heavy atom. The van der Waals surface area contributed by atoms with Gasteiger partial charge in [-0.1, -0.05) is 6.42 Å². The monoisotopic (exact) mass is 260 g/mol. The van der Waals surface area contributed by atoms with E-state index in [0.717, 1.165) is 17.8 Å². The minimum atomic E-state index is 0.566. The fourth-order valence-electron chi connectivity index (χ4n) is 2.96. The van der Waals surface area contributed by atoms with Gasteiger partial charge in [-0.15, -0.1) is 0 Å². The van der Waals surface area contributed by atoms with Gasteiger partial charge in [-0.3, -0.25) is 0 Å². The molecule has 5 nitrogen and oxygen atoms in total. The van der Waals surface area contributed by atoms with E-state index in [1.807, 2.05) is 23.7 Å². The van der Waals surface area contributed by atoms with E-state index in [-0.39, 0.29) is 0 Å². The summed E-state index contributed by atoms with van der Waals surface area (Å²) < 4.78 is 7.73. The maximum Gasteiger partial charge on any atom is 0.240 e. The van der Waals surface area contributed by atoms with Crippen molar-refractivity contribution in [3.63, 3.8) is 0 Å². The van der Waals surface area contributed by atoms with E-state index in [9.17, 15) is 0 Å². The normalized spacial score (nSPS) is 23.1. The van der Waals surface area contributed by atoms with Gasteiger partial charge in [0.25, 0.3) is 0 Å². The summed E-state index contributed by atoms with van der Waals surface area (Å²) in [5.41, 5.74) is 7.71. The van der Waals surface area contributed by atoms with Gasteiger partial charge in [0.05, 0.1) is 12.3 Å². The maximum absolute atomic E-state index is 5.92. The molecule has 0 aliphatic heterocycles. The highest BCUT2D eigenvalue weighted by molar-refractivity contribution is 5.56. The Morgan fingerprint density at radius 1 is 1.42 bits per heavy atom. The molecule has 1 fully saturated rings. The van der Waals surface area contributed by atoms with E-state index in [0.29, 0.717) is 24.3 Å². The van der Waals surface area contributed by atoms with Crippen LogP contribution in [0.3, 0.4) is 0 Å². The first-order valence-electron chi connectivity index (χ1n) is 6.92. The van der Waals surface area contributed by atoms with Crippen molar-refractivity contribution in [2.45, 2.75) is 26.2 Å². The van der Waals surface area contributed by atoms with Crippen molar-refractivity contribution in [1.29, 1.82) is 0 Å². The molecule has 0 spiro atoms. The van der Waals surface area contributed by atoms with Gasteiger partial charge in [0.1, 0.15) is 5.52 Å². The number of aryl methyl sites for hydroxylation is 1. The maximum atomic E-state index is 5.92. The molecule has 0 radical (unpaired) electrons. The Morgan fingerprint density at radius 2 is 2.26 bits per heavy atom. The van der Waals surface area contributed by atoms with Gasteiger partial charge in [0.15, 0.2) is 0 Å². The van der Waals surface area contributed by atoms with Crippen LogP contribution in [0.2, 0.25) is 0 Å². The number of nitrogens with two attached hydrogens (primary N) is 1. The van der Waals surface area contributed by atoms with Crippen LogP contribution in [-0.2, 0) is 0 Å². The lowest BCUT2D eigenvalue weighted by atomic mass is 9.97. The molecule has 2 N–H and O–H groups in total. The van der Waals surface area contributed by atoms with Crippen LogP contribution in [0.4, 0.5) is 0 Å². The van der Waals surface area contributed by atoms with Crippen LogP contribution < -0.4 is 10.5 Å².